The van der Waals surface area contributed by atoms with E-state index < -0.39 is 6.67 Å². The Morgan fingerprint density at radius 3 is 2.59 bits per heavy atom. The van der Waals surface area contributed by atoms with Gasteiger partial charge in [-0.25, -0.2) is 9.37 Å². The molecule has 90 valence electrons. The predicted molar refractivity (Wildman–Crippen MR) is 67.1 cm³/mol. The standard InChI is InChI=1S/C14H17FN2/c1-14(2,3)12-8-11(9-15)4-5-13(12)17-7-6-16-10-17/h4-8,10H,9H2,1-3H3. The lowest BCUT2D eigenvalue weighted by molar-refractivity contribution is 0.483. The fourth-order valence-corrected chi connectivity index (χ4v) is 1.89. The summed E-state index contributed by atoms with van der Waals surface area (Å²) in [5.74, 6) is 0. The van der Waals surface area contributed by atoms with Crippen LogP contribution >= 0.6 is 0 Å². The van der Waals surface area contributed by atoms with E-state index in [9.17, 15) is 4.39 Å². The number of rotatable bonds is 2. The maximum atomic E-state index is 12.7. The van der Waals surface area contributed by atoms with Crippen molar-refractivity contribution in [1.29, 1.82) is 0 Å². The fraction of sp³-hybridized carbons (Fsp3) is 0.357. The highest BCUT2D eigenvalue weighted by atomic mass is 19.1. The van der Waals surface area contributed by atoms with E-state index in [0.717, 1.165) is 16.8 Å². The highest BCUT2D eigenvalue weighted by Crippen LogP contribution is 2.29. The van der Waals surface area contributed by atoms with E-state index >= 15 is 0 Å². The van der Waals surface area contributed by atoms with Crippen molar-refractivity contribution in [2.75, 3.05) is 0 Å². The zero-order chi connectivity index (χ0) is 12.5. The van der Waals surface area contributed by atoms with Crippen LogP contribution in [-0.4, -0.2) is 9.55 Å². The van der Waals surface area contributed by atoms with Gasteiger partial charge >= 0.3 is 0 Å². The lowest BCUT2D eigenvalue weighted by atomic mass is 9.85. The first kappa shape index (κ1) is 11.8. The number of aromatic nitrogens is 2. The number of imidazole rings is 1. The quantitative estimate of drug-likeness (QED) is 0.773. The van der Waals surface area contributed by atoms with E-state index in [0.29, 0.717) is 0 Å². The molecule has 1 aromatic carbocycles. The molecule has 0 radical (unpaired) electrons. The van der Waals surface area contributed by atoms with E-state index in [1.165, 1.54) is 0 Å². The van der Waals surface area contributed by atoms with E-state index in [4.69, 9.17) is 0 Å². The third kappa shape index (κ3) is 2.38. The Bertz CT molecular complexity index is 495. The number of halogens is 1. The van der Waals surface area contributed by atoms with Crippen LogP contribution in [0.4, 0.5) is 4.39 Å². The van der Waals surface area contributed by atoms with E-state index in [1.807, 2.05) is 29.0 Å². The van der Waals surface area contributed by atoms with Gasteiger partial charge in [-0.05, 0) is 22.6 Å². The molecule has 1 heterocycles. The smallest absolute Gasteiger partial charge is 0.115 e. The van der Waals surface area contributed by atoms with E-state index in [2.05, 4.69) is 25.8 Å². The molecule has 0 bridgehead atoms. The second-order valence-electron chi connectivity index (χ2n) is 5.21. The largest absolute Gasteiger partial charge is 0.306 e. The molecule has 2 rings (SSSR count). The van der Waals surface area contributed by atoms with Gasteiger partial charge in [0.2, 0.25) is 0 Å². The zero-order valence-corrected chi connectivity index (χ0v) is 10.4. The summed E-state index contributed by atoms with van der Waals surface area (Å²) in [6.45, 7) is 5.97. The van der Waals surface area contributed by atoms with Crippen molar-refractivity contribution in [2.45, 2.75) is 32.9 Å². The molecule has 0 spiro atoms. The van der Waals surface area contributed by atoms with Crippen molar-refractivity contribution in [3.8, 4) is 5.69 Å². The topological polar surface area (TPSA) is 17.8 Å². The summed E-state index contributed by atoms with van der Waals surface area (Å²) in [7, 11) is 0. The van der Waals surface area contributed by atoms with E-state index in [-0.39, 0.29) is 5.41 Å². The molecule has 0 amide bonds. The average Bonchev–Trinajstić information content (AvgIpc) is 2.80. The molecule has 17 heavy (non-hydrogen) atoms. The van der Waals surface area contributed by atoms with Gasteiger partial charge in [-0.2, -0.15) is 0 Å². The normalized spacial score (nSPS) is 11.8. The molecule has 0 saturated heterocycles. The summed E-state index contributed by atoms with van der Waals surface area (Å²) in [6, 6.07) is 5.72. The minimum atomic E-state index is -0.423. The Labute approximate surface area is 101 Å². The van der Waals surface area contributed by atoms with Crippen LogP contribution in [0.5, 0.6) is 0 Å². The van der Waals surface area contributed by atoms with Crippen molar-refractivity contribution in [3.63, 3.8) is 0 Å². The molecule has 0 saturated carbocycles. The van der Waals surface area contributed by atoms with Crippen LogP contribution in [0.25, 0.3) is 5.69 Å². The molecular weight excluding hydrogens is 215 g/mol. The van der Waals surface area contributed by atoms with Gasteiger partial charge in [-0.15, -0.1) is 0 Å². The molecule has 0 aliphatic carbocycles. The monoisotopic (exact) mass is 232 g/mol. The molecule has 0 aliphatic heterocycles. The van der Waals surface area contributed by atoms with Crippen LogP contribution in [0, 0.1) is 0 Å². The molecule has 0 fully saturated rings. The van der Waals surface area contributed by atoms with Crippen LogP contribution in [0.2, 0.25) is 0 Å². The van der Waals surface area contributed by atoms with Crippen LogP contribution in [0.3, 0.4) is 0 Å². The van der Waals surface area contributed by atoms with Crippen molar-refractivity contribution in [2.24, 2.45) is 0 Å². The Kier molecular flexibility index (Phi) is 3.01. The lowest BCUT2D eigenvalue weighted by Crippen LogP contribution is -2.15. The summed E-state index contributed by atoms with van der Waals surface area (Å²) in [5, 5.41) is 0. The Balaban J connectivity index is 2.59. The number of hydrogen-bond donors (Lipinski definition) is 0. The molecular formula is C14H17FN2. The second kappa shape index (κ2) is 4.32. The lowest BCUT2D eigenvalue weighted by Gasteiger charge is -2.23. The zero-order valence-electron chi connectivity index (χ0n) is 10.4. The molecule has 0 N–H and O–H groups in total. The van der Waals surface area contributed by atoms with Gasteiger partial charge in [-0.1, -0.05) is 32.9 Å². The molecule has 0 atom stereocenters. The maximum absolute atomic E-state index is 12.7. The van der Waals surface area contributed by atoms with Gasteiger partial charge < -0.3 is 4.57 Å². The van der Waals surface area contributed by atoms with Gasteiger partial charge in [0.1, 0.15) is 6.67 Å². The first-order chi connectivity index (χ1) is 8.02. The minimum absolute atomic E-state index is 0.0230. The second-order valence-corrected chi connectivity index (χ2v) is 5.21. The Morgan fingerprint density at radius 2 is 2.06 bits per heavy atom. The molecule has 3 heteroatoms. The SMILES string of the molecule is CC(C)(C)c1cc(CF)ccc1-n1ccnc1. The number of benzene rings is 1. The van der Waals surface area contributed by atoms with Crippen LogP contribution < -0.4 is 0 Å². The van der Waals surface area contributed by atoms with E-state index in [1.54, 1.807) is 12.5 Å². The third-order valence-electron chi connectivity index (χ3n) is 2.81. The van der Waals surface area contributed by atoms with Gasteiger partial charge in [0.05, 0.1) is 12.0 Å². The van der Waals surface area contributed by atoms with Crippen LogP contribution in [-0.2, 0) is 12.1 Å². The average molecular weight is 232 g/mol. The fourth-order valence-electron chi connectivity index (χ4n) is 1.89. The van der Waals surface area contributed by atoms with Gasteiger partial charge in [0, 0.05) is 12.4 Å². The van der Waals surface area contributed by atoms with Crippen molar-refractivity contribution < 1.29 is 4.39 Å². The summed E-state index contributed by atoms with van der Waals surface area (Å²) >= 11 is 0. The van der Waals surface area contributed by atoms with Gasteiger partial charge in [0.15, 0.2) is 0 Å². The number of hydrogen-bond acceptors (Lipinski definition) is 1. The van der Waals surface area contributed by atoms with Crippen LogP contribution in [0.15, 0.2) is 36.9 Å². The Morgan fingerprint density at radius 1 is 1.29 bits per heavy atom. The van der Waals surface area contributed by atoms with Crippen molar-refractivity contribution in [1.82, 2.24) is 9.55 Å². The summed E-state index contributed by atoms with van der Waals surface area (Å²) in [5.41, 5.74) is 2.89. The highest BCUT2D eigenvalue weighted by molar-refractivity contribution is 5.47. The first-order valence-electron chi connectivity index (χ1n) is 5.70. The van der Waals surface area contributed by atoms with Crippen molar-refractivity contribution >= 4 is 0 Å². The number of nitrogens with zero attached hydrogens (tertiary/aromatic N) is 2. The van der Waals surface area contributed by atoms with Gasteiger partial charge in [-0.3, -0.25) is 0 Å². The Hall–Kier alpha value is -1.64. The predicted octanol–water partition coefficient (Wildman–Crippen LogP) is 3.64. The molecule has 0 unspecified atom stereocenters. The summed E-state index contributed by atoms with van der Waals surface area (Å²) < 4.78 is 14.7. The molecule has 0 aliphatic rings. The number of alkyl halides is 1. The third-order valence-corrected chi connectivity index (χ3v) is 2.81. The molecule has 2 nitrogen and oxygen atoms in total. The van der Waals surface area contributed by atoms with Crippen LogP contribution in [0.1, 0.15) is 31.9 Å². The summed E-state index contributed by atoms with van der Waals surface area (Å²) in [4.78, 5) is 4.05. The molecule has 2 aromatic rings. The van der Waals surface area contributed by atoms with Gasteiger partial charge in [0.25, 0.3) is 0 Å². The molecule has 1 aromatic heterocycles. The van der Waals surface area contributed by atoms with Crippen molar-refractivity contribution in [3.05, 3.63) is 48.0 Å². The minimum Gasteiger partial charge on any atom is -0.306 e. The maximum Gasteiger partial charge on any atom is 0.115 e. The summed E-state index contributed by atoms with van der Waals surface area (Å²) in [6.07, 6.45) is 5.41. The highest BCUT2D eigenvalue weighted by Gasteiger charge is 2.19. The first-order valence-corrected chi connectivity index (χ1v) is 5.70.